The smallest absolute Gasteiger partial charge is 0.243 e. The van der Waals surface area contributed by atoms with E-state index in [2.05, 4.69) is 22.3 Å². The highest BCUT2D eigenvalue weighted by atomic mass is 16.5. The van der Waals surface area contributed by atoms with Crippen LogP contribution in [0.15, 0.2) is 34.9 Å². The maximum absolute atomic E-state index is 6.08. The summed E-state index contributed by atoms with van der Waals surface area (Å²) in [5.41, 5.74) is 7.35. The van der Waals surface area contributed by atoms with Crippen LogP contribution in [-0.4, -0.2) is 29.1 Å². The number of hydrogen-bond acceptors (Lipinski definition) is 5. The SMILES string of the molecule is CN(C)Cc1noc(C(N)CCc2ccccc2)n1. The monoisotopic (exact) mass is 260 g/mol. The van der Waals surface area contributed by atoms with Gasteiger partial charge in [0.05, 0.1) is 12.6 Å². The van der Waals surface area contributed by atoms with Gasteiger partial charge in [0, 0.05) is 0 Å². The quantitative estimate of drug-likeness (QED) is 0.857. The number of nitrogens with two attached hydrogens (primary N) is 1. The predicted octanol–water partition coefficient (Wildman–Crippen LogP) is 1.76. The zero-order valence-electron chi connectivity index (χ0n) is 11.4. The van der Waals surface area contributed by atoms with Gasteiger partial charge in [0.1, 0.15) is 0 Å². The van der Waals surface area contributed by atoms with E-state index in [9.17, 15) is 0 Å². The summed E-state index contributed by atoms with van der Waals surface area (Å²) in [6.45, 7) is 0.662. The fourth-order valence-corrected chi connectivity index (χ4v) is 1.86. The minimum absolute atomic E-state index is 0.205. The van der Waals surface area contributed by atoms with E-state index in [4.69, 9.17) is 10.3 Å². The lowest BCUT2D eigenvalue weighted by atomic mass is 10.1. The molecule has 0 amide bonds. The lowest BCUT2D eigenvalue weighted by molar-refractivity contribution is 0.333. The average Bonchev–Trinajstić information content (AvgIpc) is 2.85. The molecule has 0 saturated carbocycles. The number of hydrogen-bond donors (Lipinski definition) is 1. The number of aryl methyl sites for hydroxylation is 1. The molecule has 0 saturated heterocycles. The van der Waals surface area contributed by atoms with Crippen molar-refractivity contribution < 1.29 is 4.52 Å². The van der Waals surface area contributed by atoms with Crippen LogP contribution in [0.25, 0.3) is 0 Å². The Hall–Kier alpha value is -1.72. The van der Waals surface area contributed by atoms with Crippen LogP contribution in [0.2, 0.25) is 0 Å². The Morgan fingerprint density at radius 1 is 1.26 bits per heavy atom. The topological polar surface area (TPSA) is 68.2 Å². The largest absolute Gasteiger partial charge is 0.338 e. The third-order valence-electron chi connectivity index (χ3n) is 2.85. The minimum Gasteiger partial charge on any atom is -0.338 e. The van der Waals surface area contributed by atoms with Crippen LogP contribution in [0.4, 0.5) is 0 Å². The molecule has 0 spiro atoms. The van der Waals surface area contributed by atoms with E-state index in [0.717, 1.165) is 12.8 Å². The van der Waals surface area contributed by atoms with Crippen molar-refractivity contribution in [2.75, 3.05) is 14.1 Å². The van der Waals surface area contributed by atoms with Crippen molar-refractivity contribution in [3.8, 4) is 0 Å². The fourth-order valence-electron chi connectivity index (χ4n) is 1.86. The molecule has 0 aliphatic heterocycles. The van der Waals surface area contributed by atoms with E-state index in [1.807, 2.05) is 37.2 Å². The van der Waals surface area contributed by atoms with Gasteiger partial charge in [-0.15, -0.1) is 0 Å². The van der Waals surface area contributed by atoms with Crippen LogP contribution in [0.3, 0.4) is 0 Å². The molecule has 0 aliphatic rings. The third kappa shape index (κ3) is 4.15. The first-order valence-corrected chi connectivity index (χ1v) is 6.42. The van der Waals surface area contributed by atoms with Gasteiger partial charge in [0.15, 0.2) is 5.82 Å². The number of aromatic nitrogens is 2. The van der Waals surface area contributed by atoms with Gasteiger partial charge < -0.3 is 15.2 Å². The van der Waals surface area contributed by atoms with Crippen molar-refractivity contribution in [2.45, 2.75) is 25.4 Å². The lowest BCUT2D eigenvalue weighted by Crippen LogP contribution is -2.14. The van der Waals surface area contributed by atoms with E-state index in [0.29, 0.717) is 18.3 Å². The Morgan fingerprint density at radius 2 is 2.00 bits per heavy atom. The third-order valence-corrected chi connectivity index (χ3v) is 2.85. The molecule has 1 aromatic carbocycles. The number of nitrogens with zero attached hydrogens (tertiary/aromatic N) is 3. The lowest BCUT2D eigenvalue weighted by Gasteiger charge is -2.06. The molecular formula is C14H20N4O. The standard InChI is InChI=1S/C14H20N4O/c1-18(2)10-13-16-14(19-17-13)12(15)9-8-11-6-4-3-5-7-11/h3-7,12H,8-10,15H2,1-2H3. The van der Waals surface area contributed by atoms with Crippen molar-refractivity contribution in [1.82, 2.24) is 15.0 Å². The van der Waals surface area contributed by atoms with Crippen LogP contribution in [0.1, 0.15) is 29.7 Å². The highest BCUT2D eigenvalue weighted by molar-refractivity contribution is 5.15. The summed E-state index contributed by atoms with van der Waals surface area (Å²) in [6, 6.07) is 10.1. The number of rotatable bonds is 6. The molecule has 0 radical (unpaired) electrons. The normalized spacial score (nSPS) is 12.8. The van der Waals surface area contributed by atoms with Crippen molar-refractivity contribution >= 4 is 0 Å². The Balaban J connectivity index is 1.89. The fraction of sp³-hybridized carbons (Fsp3) is 0.429. The molecule has 1 unspecified atom stereocenters. The summed E-state index contributed by atoms with van der Waals surface area (Å²) >= 11 is 0. The summed E-state index contributed by atoms with van der Waals surface area (Å²) in [7, 11) is 3.93. The van der Waals surface area contributed by atoms with Crippen LogP contribution in [0, 0.1) is 0 Å². The van der Waals surface area contributed by atoms with Crippen molar-refractivity contribution in [2.24, 2.45) is 5.73 Å². The van der Waals surface area contributed by atoms with Gasteiger partial charge in [-0.25, -0.2) is 0 Å². The Bertz CT molecular complexity index is 495. The van der Waals surface area contributed by atoms with Gasteiger partial charge in [-0.2, -0.15) is 4.98 Å². The van der Waals surface area contributed by atoms with Gasteiger partial charge in [0.2, 0.25) is 5.89 Å². The summed E-state index contributed by atoms with van der Waals surface area (Å²) in [5, 5.41) is 3.92. The van der Waals surface area contributed by atoms with Gasteiger partial charge in [-0.3, -0.25) is 0 Å². The Kier molecular flexibility index (Phi) is 4.65. The molecule has 1 heterocycles. The van der Waals surface area contributed by atoms with Crippen molar-refractivity contribution in [3.05, 3.63) is 47.6 Å². The predicted molar refractivity (Wildman–Crippen MR) is 73.4 cm³/mol. The second-order valence-corrected chi connectivity index (χ2v) is 4.92. The molecule has 2 rings (SSSR count). The van der Waals surface area contributed by atoms with Gasteiger partial charge in [-0.1, -0.05) is 35.5 Å². The highest BCUT2D eigenvalue weighted by Gasteiger charge is 2.14. The first kappa shape index (κ1) is 13.7. The molecule has 19 heavy (non-hydrogen) atoms. The molecule has 102 valence electrons. The summed E-state index contributed by atoms with van der Waals surface area (Å²) in [5.74, 6) is 1.20. The molecule has 1 aromatic heterocycles. The van der Waals surface area contributed by atoms with E-state index in [1.54, 1.807) is 0 Å². The summed E-state index contributed by atoms with van der Waals surface area (Å²) < 4.78 is 5.20. The average molecular weight is 260 g/mol. The van der Waals surface area contributed by atoms with Crippen LogP contribution < -0.4 is 5.73 Å². The highest BCUT2D eigenvalue weighted by Crippen LogP contribution is 2.15. The summed E-state index contributed by atoms with van der Waals surface area (Å²) in [6.07, 6.45) is 1.71. The minimum atomic E-state index is -0.205. The maximum atomic E-state index is 6.08. The van der Waals surface area contributed by atoms with Gasteiger partial charge in [0.25, 0.3) is 0 Å². The molecule has 1 atom stereocenters. The first-order chi connectivity index (χ1) is 9.15. The van der Waals surface area contributed by atoms with E-state index < -0.39 is 0 Å². The van der Waals surface area contributed by atoms with Gasteiger partial charge in [-0.05, 0) is 32.5 Å². The maximum Gasteiger partial charge on any atom is 0.243 e. The molecular weight excluding hydrogens is 240 g/mol. The molecule has 0 bridgehead atoms. The Labute approximate surface area is 113 Å². The molecule has 0 fully saturated rings. The molecule has 2 aromatic rings. The molecule has 0 aliphatic carbocycles. The van der Waals surface area contributed by atoms with E-state index in [1.165, 1.54) is 5.56 Å². The zero-order chi connectivity index (χ0) is 13.7. The second-order valence-electron chi connectivity index (χ2n) is 4.92. The van der Waals surface area contributed by atoms with E-state index in [-0.39, 0.29) is 6.04 Å². The van der Waals surface area contributed by atoms with E-state index >= 15 is 0 Å². The van der Waals surface area contributed by atoms with Gasteiger partial charge >= 0.3 is 0 Å². The molecule has 5 nitrogen and oxygen atoms in total. The van der Waals surface area contributed by atoms with Crippen LogP contribution in [0.5, 0.6) is 0 Å². The number of benzene rings is 1. The summed E-state index contributed by atoms with van der Waals surface area (Å²) in [4.78, 5) is 6.31. The first-order valence-electron chi connectivity index (χ1n) is 6.42. The molecule has 2 N–H and O–H groups in total. The van der Waals surface area contributed by atoms with Crippen molar-refractivity contribution in [3.63, 3.8) is 0 Å². The van der Waals surface area contributed by atoms with Crippen LogP contribution in [-0.2, 0) is 13.0 Å². The molecule has 5 heteroatoms. The Morgan fingerprint density at radius 3 is 2.68 bits per heavy atom. The van der Waals surface area contributed by atoms with Crippen molar-refractivity contribution in [1.29, 1.82) is 0 Å². The zero-order valence-corrected chi connectivity index (χ0v) is 11.4. The van der Waals surface area contributed by atoms with Crippen LogP contribution >= 0.6 is 0 Å². The second kappa shape index (κ2) is 6.45.